The van der Waals surface area contributed by atoms with Gasteiger partial charge in [0, 0.05) is 39.3 Å². The van der Waals surface area contributed by atoms with Crippen LogP contribution in [-0.4, -0.2) is 52.4 Å². The third-order valence-corrected chi connectivity index (χ3v) is 9.53. The van der Waals surface area contributed by atoms with Gasteiger partial charge in [-0.3, -0.25) is 0 Å². The lowest BCUT2D eigenvalue weighted by Gasteiger charge is -2.06. The minimum absolute atomic E-state index is 0.705. The summed E-state index contributed by atoms with van der Waals surface area (Å²) in [6.45, 7) is 12.2. The van der Waals surface area contributed by atoms with Crippen LogP contribution in [0.15, 0.2) is 0 Å². The highest BCUT2D eigenvalue weighted by atomic mass is 14.9. The molecule has 0 bridgehead atoms. The SMILES string of the molecule is CCCCCCCCCCCCCCCCCCNCCCCCCCCCCCCCCCCCC.NCCNCCNCCN. The van der Waals surface area contributed by atoms with Crippen LogP contribution in [0.4, 0.5) is 0 Å². The van der Waals surface area contributed by atoms with E-state index >= 15 is 0 Å². The van der Waals surface area contributed by atoms with Crippen molar-refractivity contribution in [2.24, 2.45) is 11.5 Å². The van der Waals surface area contributed by atoms with Crippen molar-refractivity contribution in [2.75, 3.05) is 52.4 Å². The van der Waals surface area contributed by atoms with E-state index in [0.717, 1.165) is 26.2 Å². The first-order valence-corrected chi connectivity index (χ1v) is 21.9. The molecule has 47 heavy (non-hydrogen) atoms. The van der Waals surface area contributed by atoms with Crippen molar-refractivity contribution < 1.29 is 0 Å². The largest absolute Gasteiger partial charge is 0.329 e. The molecule has 0 aliphatic rings. The molecule has 0 radical (unpaired) electrons. The predicted octanol–water partition coefficient (Wildman–Crippen LogP) is 11.2. The molecule has 0 aromatic carbocycles. The summed E-state index contributed by atoms with van der Waals surface area (Å²) in [6.07, 6.45) is 46.7. The van der Waals surface area contributed by atoms with E-state index in [1.807, 2.05) is 0 Å². The smallest absolute Gasteiger partial charge is 0.00772 e. The fourth-order valence-corrected chi connectivity index (χ4v) is 6.35. The molecule has 0 spiro atoms. The molecule has 0 aliphatic carbocycles. The van der Waals surface area contributed by atoms with E-state index < -0.39 is 0 Å². The molecule has 0 aromatic heterocycles. The molecule has 0 saturated heterocycles. The quantitative estimate of drug-likeness (QED) is 0.0419. The summed E-state index contributed by atoms with van der Waals surface area (Å²) in [5.74, 6) is 0. The highest BCUT2D eigenvalue weighted by molar-refractivity contribution is 4.55. The van der Waals surface area contributed by atoms with Gasteiger partial charge in [-0.05, 0) is 25.9 Å². The van der Waals surface area contributed by atoms with Crippen LogP contribution in [0, 0.1) is 0 Å². The van der Waals surface area contributed by atoms with Gasteiger partial charge in [0.05, 0.1) is 0 Å². The van der Waals surface area contributed by atoms with Gasteiger partial charge < -0.3 is 27.4 Å². The normalized spacial score (nSPS) is 11.2. The summed E-state index contributed by atoms with van der Waals surface area (Å²) in [5, 5.41) is 10.0. The average Bonchev–Trinajstić information content (AvgIpc) is 3.09. The van der Waals surface area contributed by atoms with E-state index in [0.29, 0.717) is 13.1 Å². The van der Waals surface area contributed by atoms with Crippen LogP contribution in [0.1, 0.15) is 219 Å². The molecule has 286 valence electrons. The molecule has 7 N–H and O–H groups in total. The minimum atomic E-state index is 0.705. The van der Waals surface area contributed by atoms with E-state index in [2.05, 4.69) is 29.8 Å². The monoisotopic (exact) mass is 668 g/mol. The summed E-state index contributed by atoms with van der Waals surface area (Å²) >= 11 is 0. The van der Waals surface area contributed by atoms with Gasteiger partial charge in [0.15, 0.2) is 0 Å². The van der Waals surface area contributed by atoms with Crippen molar-refractivity contribution in [1.82, 2.24) is 16.0 Å². The zero-order valence-electron chi connectivity index (χ0n) is 32.9. The van der Waals surface area contributed by atoms with Crippen LogP contribution >= 0.6 is 0 Å². The van der Waals surface area contributed by atoms with Crippen molar-refractivity contribution in [3.63, 3.8) is 0 Å². The maximum atomic E-state index is 5.27. The van der Waals surface area contributed by atoms with Gasteiger partial charge in [-0.1, -0.05) is 206 Å². The lowest BCUT2D eigenvalue weighted by Crippen LogP contribution is -2.32. The fraction of sp³-hybridized carbons (Fsp3) is 1.00. The Kier molecular flexibility index (Phi) is 52.2. The molecule has 0 aromatic rings. The van der Waals surface area contributed by atoms with Crippen LogP contribution in [0.5, 0.6) is 0 Å². The Bertz CT molecular complexity index is 448. The Morgan fingerprint density at radius 3 is 0.638 bits per heavy atom. The second-order valence-corrected chi connectivity index (χ2v) is 14.4. The van der Waals surface area contributed by atoms with Crippen LogP contribution in [0.3, 0.4) is 0 Å². The van der Waals surface area contributed by atoms with Crippen molar-refractivity contribution in [3.8, 4) is 0 Å². The van der Waals surface area contributed by atoms with E-state index in [1.54, 1.807) is 0 Å². The van der Waals surface area contributed by atoms with Gasteiger partial charge in [-0.15, -0.1) is 0 Å². The first-order valence-electron chi connectivity index (χ1n) is 21.9. The molecule has 0 heterocycles. The molecular formula is C42H93N5. The second kappa shape index (κ2) is 50.2. The second-order valence-electron chi connectivity index (χ2n) is 14.4. The van der Waals surface area contributed by atoms with Gasteiger partial charge in [0.2, 0.25) is 0 Å². The maximum absolute atomic E-state index is 5.27. The molecular weight excluding hydrogens is 574 g/mol. The summed E-state index contributed by atoms with van der Waals surface area (Å²) in [6, 6.07) is 0. The van der Waals surface area contributed by atoms with Crippen molar-refractivity contribution in [2.45, 2.75) is 219 Å². The van der Waals surface area contributed by atoms with Gasteiger partial charge >= 0.3 is 0 Å². The molecule has 0 fully saturated rings. The van der Waals surface area contributed by atoms with Crippen LogP contribution in [-0.2, 0) is 0 Å². The molecule has 0 aliphatic heterocycles. The fourth-order valence-electron chi connectivity index (χ4n) is 6.35. The molecule has 0 rings (SSSR count). The Hall–Kier alpha value is -0.200. The number of rotatable bonds is 41. The van der Waals surface area contributed by atoms with Gasteiger partial charge in [-0.2, -0.15) is 0 Å². The summed E-state index contributed by atoms with van der Waals surface area (Å²) in [4.78, 5) is 0. The molecule has 0 saturated carbocycles. The predicted molar refractivity (Wildman–Crippen MR) is 216 cm³/mol. The molecule has 0 atom stereocenters. The molecule has 0 amide bonds. The number of hydrogen-bond acceptors (Lipinski definition) is 5. The zero-order valence-corrected chi connectivity index (χ0v) is 32.9. The van der Waals surface area contributed by atoms with Gasteiger partial charge in [-0.25, -0.2) is 0 Å². The topological polar surface area (TPSA) is 88.1 Å². The molecule has 5 heteroatoms. The maximum Gasteiger partial charge on any atom is 0.00772 e. The first kappa shape index (κ1) is 48.9. The highest BCUT2D eigenvalue weighted by Gasteiger charge is 1.97. The van der Waals surface area contributed by atoms with E-state index in [-0.39, 0.29) is 0 Å². The average molecular weight is 668 g/mol. The van der Waals surface area contributed by atoms with Gasteiger partial charge in [0.25, 0.3) is 0 Å². The van der Waals surface area contributed by atoms with E-state index in [4.69, 9.17) is 11.5 Å². The third kappa shape index (κ3) is 52.8. The Morgan fingerprint density at radius 1 is 0.234 bits per heavy atom. The third-order valence-electron chi connectivity index (χ3n) is 9.53. The lowest BCUT2D eigenvalue weighted by molar-refractivity contribution is 0.515. The number of nitrogens with two attached hydrogens (primary N) is 2. The Morgan fingerprint density at radius 2 is 0.426 bits per heavy atom. The van der Waals surface area contributed by atoms with Gasteiger partial charge in [0.1, 0.15) is 0 Å². The van der Waals surface area contributed by atoms with Crippen molar-refractivity contribution in [1.29, 1.82) is 0 Å². The van der Waals surface area contributed by atoms with Crippen LogP contribution in [0.25, 0.3) is 0 Å². The highest BCUT2D eigenvalue weighted by Crippen LogP contribution is 2.15. The number of hydrogen-bond donors (Lipinski definition) is 5. The van der Waals surface area contributed by atoms with Crippen LogP contribution in [0.2, 0.25) is 0 Å². The molecule has 0 unspecified atom stereocenters. The standard InChI is InChI=1S/C36H75N.C6H18N4/c1-3-5-7-9-11-13-15-17-19-21-23-25-27-29-31-33-35-37-36-34-32-30-28-26-24-22-20-18-16-14-12-10-8-6-4-2;7-1-3-9-5-6-10-4-2-8/h37H,3-36H2,1-2H3;9-10H,1-8H2. The molecule has 5 nitrogen and oxygen atoms in total. The van der Waals surface area contributed by atoms with Crippen LogP contribution < -0.4 is 27.4 Å². The summed E-state index contributed by atoms with van der Waals surface area (Å²) in [5.41, 5.74) is 10.5. The zero-order chi connectivity index (χ0) is 34.4. The van der Waals surface area contributed by atoms with Crippen molar-refractivity contribution >= 4 is 0 Å². The van der Waals surface area contributed by atoms with E-state index in [1.165, 1.54) is 219 Å². The Labute approximate surface area is 298 Å². The first-order chi connectivity index (χ1) is 23.3. The van der Waals surface area contributed by atoms with E-state index in [9.17, 15) is 0 Å². The van der Waals surface area contributed by atoms with Crippen molar-refractivity contribution in [3.05, 3.63) is 0 Å². The minimum Gasteiger partial charge on any atom is -0.329 e. The number of unbranched alkanes of at least 4 members (excludes halogenated alkanes) is 30. The summed E-state index contributed by atoms with van der Waals surface area (Å²) < 4.78 is 0. The Balaban J connectivity index is 0. The number of nitrogens with one attached hydrogen (secondary N) is 3. The lowest BCUT2D eigenvalue weighted by atomic mass is 10.0. The summed E-state index contributed by atoms with van der Waals surface area (Å²) in [7, 11) is 0.